The lowest BCUT2D eigenvalue weighted by Crippen LogP contribution is -2.14. The molecule has 0 N–H and O–H groups in total. The number of ether oxygens (including phenoxy) is 7. The quantitative estimate of drug-likeness (QED) is 0.0738. The average Bonchev–Trinajstić information content (AvgIpc) is 2.95. The highest BCUT2D eigenvalue weighted by Crippen LogP contribution is 2.10. The van der Waals surface area contributed by atoms with Crippen molar-refractivity contribution in [1.29, 1.82) is 0 Å². The van der Waals surface area contributed by atoms with Crippen LogP contribution in [0.25, 0.3) is 0 Å². The van der Waals surface area contributed by atoms with Crippen LogP contribution >= 0.6 is 0 Å². The summed E-state index contributed by atoms with van der Waals surface area (Å²) in [6.07, 6.45) is 21.3. The number of rotatable bonds is 36. The molecule has 39 heavy (non-hydrogen) atoms. The zero-order valence-corrected chi connectivity index (χ0v) is 26.1. The minimum Gasteiger partial charge on any atom is -0.379 e. The van der Waals surface area contributed by atoms with Crippen LogP contribution in [0.15, 0.2) is 0 Å². The first-order chi connectivity index (χ1) is 19.4. The Morgan fingerprint density at radius 1 is 0.205 bits per heavy atom. The predicted octanol–water partition coefficient (Wildman–Crippen LogP) is 7.38. The topological polar surface area (TPSA) is 64.6 Å². The van der Waals surface area contributed by atoms with Crippen LogP contribution in [0.2, 0.25) is 0 Å². The molecule has 0 aliphatic heterocycles. The van der Waals surface area contributed by atoms with E-state index in [1.165, 1.54) is 89.9 Å². The van der Waals surface area contributed by atoms with Crippen molar-refractivity contribution in [2.45, 2.75) is 117 Å². The molecule has 0 amide bonds. The Morgan fingerprint density at radius 3 is 0.615 bits per heavy atom. The van der Waals surface area contributed by atoms with Gasteiger partial charge in [0.2, 0.25) is 0 Å². The molecule has 0 rings (SSSR count). The largest absolute Gasteiger partial charge is 0.379 e. The van der Waals surface area contributed by atoms with Gasteiger partial charge in [-0.1, -0.05) is 104 Å². The molecular weight excluding hydrogens is 496 g/mol. The summed E-state index contributed by atoms with van der Waals surface area (Å²) in [4.78, 5) is 0. The van der Waals surface area contributed by atoms with Crippen LogP contribution in [0.1, 0.15) is 117 Å². The van der Waals surface area contributed by atoms with E-state index in [1.54, 1.807) is 0 Å². The summed E-state index contributed by atoms with van der Waals surface area (Å²) in [6.45, 7) is 13.4. The van der Waals surface area contributed by atoms with Gasteiger partial charge in [0.05, 0.1) is 79.3 Å². The second kappa shape index (κ2) is 37.7. The van der Waals surface area contributed by atoms with Crippen LogP contribution in [0.4, 0.5) is 0 Å². The smallest absolute Gasteiger partial charge is 0.0701 e. The number of hydrogen-bond donors (Lipinski definition) is 0. The standard InChI is InChI=1S/C32H66O7/c1-3-5-7-9-11-12-13-14-16-18-20-34-22-24-36-26-28-38-30-32-39-31-29-37-27-25-35-23-21-33-19-17-15-10-8-6-4-2/h3-32H2,1-2H3. The van der Waals surface area contributed by atoms with E-state index in [1.807, 2.05) is 0 Å². The summed E-state index contributed by atoms with van der Waals surface area (Å²) < 4.78 is 38.8. The van der Waals surface area contributed by atoms with Crippen molar-refractivity contribution in [3.05, 3.63) is 0 Å². The molecule has 0 saturated carbocycles. The highest BCUT2D eigenvalue weighted by Gasteiger charge is 1.96. The minimum atomic E-state index is 0.567. The van der Waals surface area contributed by atoms with Gasteiger partial charge in [0, 0.05) is 13.2 Å². The maximum absolute atomic E-state index is 5.64. The van der Waals surface area contributed by atoms with E-state index in [0.29, 0.717) is 79.3 Å². The maximum Gasteiger partial charge on any atom is 0.0701 e. The number of unbranched alkanes of at least 4 members (excludes halogenated alkanes) is 14. The first-order valence-electron chi connectivity index (χ1n) is 16.5. The molecule has 0 aromatic rings. The molecule has 0 aliphatic rings. The van der Waals surface area contributed by atoms with Crippen LogP contribution in [-0.4, -0.2) is 92.5 Å². The Hall–Kier alpha value is -0.280. The first-order valence-corrected chi connectivity index (χ1v) is 16.5. The van der Waals surface area contributed by atoms with Crippen molar-refractivity contribution in [3.63, 3.8) is 0 Å². The lowest BCUT2D eigenvalue weighted by atomic mass is 10.1. The molecule has 0 radical (unpaired) electrons. The predicted molar refractivity (Wildman–Crippen MR) is 161 cm³/mol. The highest BCUT2D eigenvalue weighted by molar-refractivity contribution is 4.48. The molecule has 0 atom stereocenters. The third kappa shape index (κ3) is 37.7. The van der Waals surface area contributed by atoms with Crippen molar-refractivity contribution in [2.75, 3.05) is 92.5 Å². The molecular formula is C32H66O7. The van der Waals surface area contributed by atoms with Crippen molar-refractivity contribution >= 4 is 0 Å². The third-order valence-electron chi connectivity index (χ3n) is 6.52. The Morgan fingerprint density at radius 2 is 0.385 bits per heavy atom. The van der Waals surface area contributed by atoms with Crippen molar-refractivity contribution < 1.29 is 33.2 Å². The fourth-order valence-electron chi connectivity index (χ4n) is 4.10. The Balaban J connectivity index is 3.01. The zero-order chi connectivity index (χ0) is 28.2. The van der Waals surface area contributed by atoms with Crippen molar-refractivity contribution in [2.24, 2.45) is 0 Å². The van der Waals surface area contributed by atoms with E-state index < -0.39 is 0 Å². The Kier molecular flexibility index (Phi) is 37.4. The van der Waals surface area contributed by atoms with Crippen molar-refractivity contribution in [3.8, 4) is 0 Å². The summed E-state index contributed by atoms with van der Waals surface area (Å²) in [7, 11) is 0. The molecule has 0 fully saturated rings. The van der Waals surface area contributed by atoms with Crippen LogP contribution < -0.4 is 0 Å². The van der Waals surface area contributed by atoms with Gasteiger partial charge in [-0.2, -0.15) is 0 Å². The summed E-state index contributed by atoms with van der Waals surface area (Å²) in [5, 5.41) is 0. The molecule has 0 bridgehead atoms. The molecule has 236 valence electrons. The fraction of sp³-hybridized carbons (Fsp3) is 1.00. The van der Waals surface area contributed by atoms with Crippen LogP contribution in [-0.2, 0) is 33.2 Å². The molecule has 7 nitrogen and oxygen atoms in total. The molecule has 0 unspecified atom stereocenters. The summed E-state index contributed by atoms with van der Waals surface area (Å²) in [6, 6.07) is 0. The Bertz CT molecular complexity index is 376. The van der Waals surface area contributed by atoms with Gasteiger partial charge < -0.3 is 33.2 Å². The van der Waals surface area contributed by atoms with Gasteiger partial charge in [0.15, 0.2) is 0 Å². The zero-order valence-electron chi connectivity index (χ0n) is 26.1. The third-order valence-corrected chi connectivity index (χ3v) is 6.52. The summed E-state index contributed by atoms with van der Waals surface area (Å²) >= 11 is 0. The van der Waals surface area contributed by atoms with Gasteiger partial charge >= 0.3 is 0 Å². The molecule has 0 aromatic carbocycles. The maximum atomic E-state index is 5.64. The second-order valence-electron chi connectivity index (χ2n) is 10.2. The SMILES string of the molecule is CCCCCCCCCCCCOCCOCCOCCOCCOCCOCCOCCCCCCCC. The summed E-state index contributed by atoms with van der Waals surface area (Å²) in [5.41, 5.74) is 0. The Labute approximate surface area is 242 Å². The highest BCUT2D eigenvalue weighted by atomic mass is 16.6. The lowest BCUT2D eigenvalue weighted by molar-refractivity contribution is -0.0206. The van der Waals surface area contributed by atoms with E-state index in [2.05, 4.69) is 13.8 Å². The van der Waals surface area contributed by atoms with Crippen molar-refractivity contribution in [1.82, 2.24) is 0 Å². The van der Waals surface area contributed by atoms with E-state index in [9.17, 15) is 0 Å². The van der Waals surface area contributed by atoms with E-state index in [4.69, 9.17) is 33.2 Å². The van der Waals surface area contributed by atoms with Gasteiger partial charge in [0.1, 0.15) is 0 Å². The monoisotopic (exact) mass is 562 g/mol. The van der Waals surface area contributed by atoms with Crippen LogP contribution in [0, 0.1) is 0 Å². The first kappa shape index (κ1) is 38.7. The lowest BCUT2D eigenvalue weighted by Gasteiger charge is -2.08. The second-order valence-corrected chi connectivity index (χ2v) is 10.2. The molecule has 0 aromatic heterocycles. The van der Waals surface area contributed by atoms with Gasteiger partial charge in [-0.15, -0.1) is 0 Å². The number of hydrogen-bond acceptors (Lipinski definition) is 7. The van der Waals surface area contributed by atoms with Gasteiger partial charge in [-0.05, 0) is 12.8 Å². The van der Waals surface area contributed by atoms with Gasteiger partial charge in [-0.25, -0.2) is 0 Å². The fourth-order valence-corrected chi connectivity index (χ4v) is 4.10. The molecule has 0 heterocycles. The summed E-state index contributed by atoms with van der Waals surface area (Å²) in [5.74, 6) is 0. The average molecular weight is 563 g/mol. The molecule has 0 saturated heterocycles. The minimum absolute atomic E-state index is 0.567. The van der Waals surface area contributed by atoms with Gasteiger partial charge in [-0.3, -0.25) is 0 Å². The van der Waals surface area contributed by atoms with Crippen LogP contribution in [0.3, 0.4) is 0 Å². The van der Waals surface area contributed by atoms with E-state index >= 15 is 0 Å². The molecule has 0 aliphatic carbocycles. The van der Waals surface area contributed by atoms with Crippen LogP contribution in [0.5, 0.6) is 0 Å². The van der Waals surface area contributed by atoms with E-state index in [-0.39, 0.29) is 0 Å². The normalized spacial score (nSPS) is 11.5. The van der Waals surface area contributed by atoms with E-state index in [0.717, 1.165) is 26.1 Å². The van der Waals surface area contributed by atoms with Gasteiger partial charge in [0.25, 0.3) is 0 Å². The molecule has 0 spiro atoms. The molecule has 7 heteroatoms.